The van der Waals surface area contributed by atoms with Crippen LogP contribution in [0.5, 0.6) is 0 Å². The van der Waals surface area contributed by atoms with Crippen molar-refractivity contribution in [1.82, 2.24) is 10.2 Å². The summed E-state index contributed by atoms with van der Waals surface area (Å²) in [6.07, 6.45) is 0.718. The number of halogens is 2. The lowest BCUT2D eigenvalue weighted by Crippen LogP contribution is -2.51. The van der Waals surface area contributed by atoms with Gasteiger partial charge in [0, 0.05) is 17.6 Å². The highest BCUT2D eigenvalue weighted by Crippen LogP contribution is 2.27. The Hall–Kier alpha value is -3.24. The third kappa shape index (κ3) is 7.17. The molecule has 1 N–H and O–H groups in total. The molecule has 196 valence electrons. The van der Waals surface area contributed by atoms with E-state index in [9.17, 15) is 22.4 Å². The Morgan fingerprint density at radius 2 is 1.59 bits per heavy atom. The van der Waals surface area contributed by atoms with Crippen LogP contribution in [-0.4, -0.2) is 44.3 Å². The maximum Gasteiger partial charge on any atom is 0.264 e. The van der Waals surface area contributed by atoms with Crippen molar-refractivity contribution in [3.63, 3.8) is 0 Å². The largest absolute Gasteiger partial charge is 0.354 e. The molecule has 0 saturated carbocycles. The molecule has 3 rings (SSSR count). The number of amides is 2. The number of nitrogens with zero attached hydrogens (tertiary/aromatic N) is 2. The first-order chi connectivity index (χ1) is 17.6. The molecule has 0 bridgehead atoms. The van der Waals surface area contributed by atoms with E-state index in [1.807, 2.05) is 19.1 Å². The van der Waals surface area contributed by atoms with Gasteiger partial charge in [0.25, 0.3) is 10.0 Å². The number of para-hydroxylation sites is 1. The summed E-state index contributed by atoms with van der Waals surface area (Å²) in [5.41, 5.74) is 0.487. The quantitative estimate of drug-likeness (QED) is 0.350. The van der Waals surface area contributed by atoms with Crippen LogP contribution in [0.2, 0.25) is 0 Å². The monoisotopic (exact) mass is 589 g/mol. The average molecular weight is 591 g/mol. The first-order valence-corrected chi connectivity index (χ1v) is 14.0. The highest BCUT2D eigenvalue weighted by molar-refractivity contribution is 9.10. The lowest BCUT2D eigenvalue weighted by molar-refractivity contribution is -0.139. The molecule has 0 aromatic heterocycles. The van der Waals surface area contributed by atoms with Crippen molar-refractivity contribution >= 4 is 43.5 Å². The zero-order valence-electron chi connectivity index (χ0n) is 20.6. The molecule has 7 nitrogen and oxygen atoms in total. The summed E-state index contributed by atoms with van der Waals surface area (Å²) in [5, 5.41) is 2.78. The Balaban J connectivity index is 2.01. The van der Waals surface area contributed by atoms with Crippen molar-refractivity contribution in [2.75, 3.05) is 17.4 Å². The van der Waals surface area contributed by atoms with Gasteiger partial charge in [0.2, 0.25) is 11.8 Å². The minimum atomic E-state index is -4.30. The van der Waals surface area contributed by atoms with Crippen molar-refractivity contribution in [1.29, 1.82) is 0 Å². The standard InChI is InChI=1S/C27H29BrFN3O4S/c1-3-17-30-27(34)20(2)31(18-21-13-15-22(28)16-14-21)26(33)19-32(25-12-8-7-11-24(25)29)37(35,36)23-9-5-4-6-10-23/h4-16,20H,3,17-19H2,1-2H3,(H,30,34). The Morgan fingerprint density at radius 3 is 2.22 bits per heavy atom. The molecule has 0 saturated heterocycles. The summed E-state index contributed by atoms with van der Waals surface area (Å²) in [7, 11) is -4.30. The molecule has 0 aliphatic rings. The maximum absolute atomic E-state index is 14.8. The second-order valence-corrected chi connectivity index (χ2v) is 11.2. The Bertz CT molecular complexity index is 1320. The molecule has 0 aliphatic heterocycles. The predicted octanol–water partition coefficient (Wildman–Crippen LogP) is 4.73. The summed E-state index contributed by atoms with van der Waals surface area (Å²) in [4.78, 5) is 27.8. The highest BCUT2D eigenvalue weighted by atomic mass is 79.9. The lowest BCUT2D eigenvalue weighted by Gasteiger charge is -2.32. The fourth-order valence-electron chi connectivity index (χ4n) is 3.65. The lowest BCUT2D eigenvalue weighted by atomic mass is 10.1. The van der Waals surface area contributed by atoms with Crippen molar-refractivity contribution < 1.29 is 22.4 Å². The molecule has 37 heavy (non-hydrogen) atoms. The number of carbonyl (C=O) groups is 2. The van der Waals surface area contributed by atoms with Crippen molar-refractivity contribution in [3.8, 4) is 0 Å². The van der Waals surface area contributed by atoms with Gasteiger partial charge in [-0.15, -0.1) is 0 Å². The predicted molar refractivity (Wildman–Crippen MR) is 145 cm³/mol. The minimum absolute atomic E-state index is 0.0589. The molecule has 3 aromatic rings. The van der Waals surface area contributed by atoms with Gasteiger partial charge in [0.15, 0.2) is 0 Å². The van der Waals surface area contributed by atoms with E-state index in [1.165, 1.54) is 35.2 Å². The van der Waals surface area contributed by atoms with E-state index in [-0.39, 0.29) is 23.0 Å². The molecule has 0 radical (unpaired) electrons. The zero-order chi connectivity index (χ0) is 27.0. The number of rotatable bonds is 11. The highest BCUT2D eigenvalue weighted by Gasteiger charge is 2.33. The molecule has 0 heterocycles. The van der Waals surface area contributed by atoms with Crippen LogP contribution < -0.4 is 9.62 Å². The SMILES string of the molecule is CCCNC(=O)C(C)N(Cc1ccc(Br)cc1)C(=O)CN(c1ccccc1F)S(=O)(=O)c1ccccc1. The van der Waals surface area contributed by atoms with Gasteiger partial charge in [-0.3, -0.25) is 13.9 Å². The number of anilines is 1. The number of benzene rings is 3. The van der Waals surface area contributed by atoms with Gasteiger partial charge in [-0.2, -0.15) is 0 Å². The molecule has 3 aromatic carbocycles. The molecule has 2 amide bonds. The summed E-state index contributed by atoms with van der Waals surface area (Å²) >= 11 is 3.38. The van der Waals surface area contributed by atoms with E-state index in [0.29, 0.717) is 6.54 Å². The fourth-order valence-corrected chi connectivity index (χ4v) is 5.36. The van der Waals surface area contributed by atoms with Crippen LogP contribution in [0.4, 0.5) is 10.1 Å². The second kappa shape index (κ2) is 12.8. The van der Waals surface area contributed by atoms with Gasteiger partial charge in [0.05, 0.1) is 10.6 Å². The van der Waals surface area contributed by atoms with E-state index in [4.69, 9.17) is 0 Å². The third-order valence-electron chi connectivity index (χ3n) is 5.71. The van der Waals surface area contributed by atoms with Crippen molar-refractivity contribution in [3.05, 3.63) is 94.7 Å². The van der Waals surface area contributed by atoms with E-state index in [0.717, 1.165) is 26.8 Å². The van der Waals surface area contributed by atoms with Gasteiger partial charge in [0.1, 0.15) is 18.4 Å². The van der Waals surface area contributed by atoms with Gasteiger partial charge in [-0.1, -0.05) is 65.3 Å². The molecule has 0 aliphatic carbocycles. The molecular weight excluding hydrogens is 561 g/mol. The first kappa shape index (κ1) is 28.3. The molecule has 0 fully saturated rings. The average Bonchev–Trinajstić information content (AvgIpc) is 2.90. The van der Waals surface area contributed by atoms with E-state index < -0.39 is 34.3 Å². The first-order valence-electron chi connectivity index (χ1n) is 11.8. The van der Waals surface area contributed by atoms with Gasteiger partial charge in [-0.05, 0) is 55.3 Å². The number of nitrogens with one attached hydrogen (secondary N) is 1. The number of hydrogen-bond acceptors (Lipinski definition) is 4. The zero-order valence-corrected chi connectivity index (χ0v) is 23.0. The topological polar surface area (TPSA) is 86.8 Å². The number of hydrogen-bond donors (Lipinski definition) is 1. The summed E-state index contributed by atoms with van der Waals surface area (Å²) in [5.74, 6) is -1.80. The number of carbonyl (C=O) groups excluding carboxylic acids is 2. The minimum Gasteiger partial charge on any atom is -0.354 e. The summed E-state index contributed by atoms with van der Waals surface area (Å²) in [6.45, 7) is 3.30. The van der Waals surface area contributed by atoms with Crippen LogP contribution in [0.15, 0.2) is 88.2 Å². The van der Waals surface area contributed by atoms with Crippen LogP contribution >= 0.6 is 15.9 Å². The number of sulfonamides is 1. The molecule has 0 spiro atoms. The van der Waals surface area contributed by atoms with Crippen LogP contribution in [0.25, 0.3) is 0 Å². The molecule has 10 heteroatoms. The van der Waals surface area contributed by atoms with Crippen molar-refractivity contribution in [2.24, 2.45) is 0 Å². The normalized spacial score (nSPS) is 12.0. The van der Waals surface area contributed by atoms with Crippen LogP contribution in [0.1, 0.15) is 25.8 Å². The Labute approximate surface area is 225 Å². The van der Waals surface area contributed by atoms with Crippen LogP contribution in [-0.2, 0) is 26.2 Å². The summed E-state index contributed by atoms with van der Waals surface area (Å²) in [6, 6.07) is 19.2. The van der Waals surface area contributed by atoms with Gasteiger partial charge < -0.3 is 10.2 Å². The Morgan fingerprint density at radius 1 is 0.973 bits per heavy atom. The van der Waals surface area contributed by atoms with E-state index in [1.54, 1.807) is 37.3 Å². The molecule has 1 atom stereocenters. The van der Waals surface area contributed by atoms with E-state index in [2.05, 4.69) is 21.2 Å². The fraction of sp³-hybridized carbons (Fsp3) is 0.259. The van der Waals surface area contributed by atoms with Gasteiger partial charge >= 0.3 is 0 Å². The van der Waals surface area contributed by atoms with Crippen LogP contribution in [0, 0.1) is 5.82 Å². The third-order valence-corrected chi connectivity index (χ3v) is 8.02. The smallest absolute Gasteiger partial charge is 0.264 e. The second-order valence-electron chi connectivity index (χ2n) is 8.39. The molecule has 1 unspecified atom stereocenters. The molecular formula is C27H29BrFN3O4S. The van der Waals surface area contributed by atoms with E-state index >= 15 is 0 Å². The Kier molecular flexibility index (Phi) is 9.82. The van der Waals surface area contributed by atoms with Crippen LogP contribution in [0.3, 0.4) is 0 Å². The summed E-state index contributed by atoms with van der Waals surface area (Å²) < 4.78 is 43.6. The maximum atomic E-state index is 14.8. The van der Waals surface area contributed by atoms with Crippen molar-refractivity contribution in [2.45, 2.75) is 37.8 Å². The van der Waals surface area contributed by atoms with Gasteiger partial charge in [-0.25, -0.2) is 12.8 Å².